The fraction of sp³-hybridized carbons (Fsp3) is 0.700. The fourth-order valence-corrected chi connectivity index (χ4v) is 3.57. The van der Waals surface area contributed by atoms with E-state index in [4.69, 9.17) is 0 Å². The van der Waals surface area contributed by atoms with E-state index in [2.05, 4.69) is 49.5 Å². The van der Waals surface area contributed by atoms with Gasteiger partial charge < -0.3 is 5.32 Å². The van der Waals surface area contributed by atoms with Crippen molar-refractivity contribution in [3.63, 3.8) is 0 Å². The highest BCUT2D eigenvalue weighted by molar-refractivity contribution is 5.19. The number of benzene rings is 1. The molecular weight excluding hydrogens is 254 g/mol. The Bertz CT molecular complexity index is 373. The van der Waals surface area contributed by atoms with Gasteiger partial charge >= 0.3 is 0 Å². The van der Waals surface area contributed by atoms with Gasteiger partial charge in [0.1, 0.15) is 0 Å². The Balaban J connectivity index is 1.94. The summed E-state index contributed by atoms with van der Waals surface area (Å²) < 4.78 is 0. The predicted octanol–water partition coefficient (Wildman–Crippen LogP) is 5.87. The van der Waals surface area contributed by atoms with E-state index < -0.39 is 0 Å². The molecule has 1 saturated carbocycles. The van der Waals surface area contributed by atoms with Crippen molar-refractivity contribution in [3.8, 4) is 0 Å². The molecule has 1 aromatic rings. The molecule has 2 rings (SSSR count). The first-order valence-electron chi connectivity index (χ1n) is 9.10. The molecule has 3 unspecified atom stereocenters. The van der Waals surface area contributed by atoms with E-state index in [1.807, 2.05) is 0 Å². The maximum Gasteiger partial charge on any atom is 0.0322 e. The van der Waals surface area contributed by atoms with Crippen molar-refractivity contribution in [3.05, 3.63) is 35.9 Å². The van der Waals surface area contributed by atoms with E-state index in [9.17, 15) is 0 Å². The van der Waals surface area contributed by atoms with Gasteiger partial charge in [-0.15, -0.1) is 0 Å². The van der Waals surface area contributed by atoms with Crippen LogP contribution in [0, 0.1) is 5.92 Å². The van der Waals surface area contributed by atoms with E-state index >= 15 is 0 Å². The van der Waals surface area contributed by atoms with Gasteiger partial charge in [-0.25, -0.2) is 0 Å². The molecule has 1 heteroatoms. The second-order valence-corrected chi connectivity index (χ2v) is 6.94. The van der Waals surface area contributed by atoms with Crippen LogP contribution in [0.15, 0.2) is 30.3 Å². The zero-order chi connectivity index (χ0) is 14.9. The summed E-state index contributed by atoms with van der Waals surface area (Å²) >= 11 is 0. The van der Waals surface area contributed by atoms with Crippen LogP contribution in [-0.2, 0) is 0 Å². The zero-order valence-electron chi connectivity index (χ0n) is 14.0. The smallest absolute Gasteiger partial charge is 0.0322 e. The molecule has 0 heterocycles. The van der Waals surface area contributed by atoms with Crippen molar-refractivity contribution < 1.29 is 0 Å². The van der Waals surface area contributed by atoms with E-state index in [0.29, 0.717) is 6.04 Å². The molecule has 0 radical (unpaired) electrons. The van der Waals surface area contributed by atoms with E-state index in [0.717, 1.165) is 12.0 Å². The number of nitrogens with one attached hydrogen (secondary N) is 1. The molecule has 1 N–H and O–H groups in total. The number of rotatable bonds is 7. The average molecular weight is 287 g/mol. The average Bonchev–Trinajstić information content (AvgIpc) is 2.72. The summed E-state index contributed by atoms with van der Waals surface area (Å²) in [6, 6.07) is 12.3. The first kappa shape index (κ1) is 16.5. The standard InChI is InChI=1S/C20H33N/c1-3-4-6-14-20(18-11-7-5-8-12-18)21-19-13-9-10-17(2)15-16-19/h5,7-8,11-12,17,19-21H,3-4,6,9-10,13-16H2,1-2H3. The molecule has 0 bridgehead atoms. The van der Waals surface area contributed by atoms with Crippen molar-refractivity contribution >= 4 is 0 Å². The first-order chi connectivity index (χ1) is 10.3. The molecule has 1 aliphatic carbocycles. The summed E-state index contributed by atoms with van der Waals surface area (Å²) in [6.45, 7) is 4.70. The van der Waals surface area contributed by atoms with Crippen LogP contribution in [0.3, 0.4) is 0 Å². The first-order valence-corrected chi connectivity index (χ1v) is 9.10. The van der Waals surface area contributed by atoms with Crippen molar-refractivity contribution in [1.29, 1.82) is 0 Å². The lowest BCUT2D eigenvalue weighted by Gasteiger charge is -2.25. The number of hydrogen-bond acceptors (Lipinski definition) is 1. The molecule has 0 saturated heterocycles. The Morgan fingerprint density at radius 1 is 1.05 bits per heavy atom. The van der Waals surface area contributed by atoms with Gasteiger partial charge in [-0.1, -0.05) is 76.3 Å². The van der Waals surface area contributed by atoms with Crippen LogP contribution in [0.25, 0.3) is 0 Å². The molecule has 3 atom stereocenters. The van der Waals surface area contributed by atoms with Crippen molar-refractivity contribution in [1.82, 2.24) is 5.32 Å². The minimum absolute atomic E-state index is 0.552. The Morgan fingerprint density at radius 3 is 2.62 bits per heavy atom. The van der Waals surface area contributed by atoms with Gasteiger partial charge in [0, 0.05) is 12.1 Å². The summed E-state index contributed by atoms with van der Waals surface area (Å²) in [5, 5.41) is 3.99. The molecule has 0 amide bonds. The number of hydrogen-bond donors (Lipinski definition) is 1. The molecule has 1 fully saturated rings. The van der Waals surface area contributed by atoms with Gasteiger partial charge in [-0.05, 0) is 37.2 Å². The summed E-state index contributed by atoms with van der Waals surface area (Å²) in [4.78, 5) is 0. The van der Waals surface area contributed by atoms with E-state index in [1.165, 1.54) is 63.4 Å². The molecule has 0 aromatic heterocycles. The highest BCUT2D eigenvalue weighted by Gasteiger charge is 2.20. The molecule has 1 aromatic carbocycles. The molecular formula is C20H33N. The van der Waals surface area contributed by atoms with Crippen molar-refractivity contribution in [2.75, 3.05) is 0 Å². The molecule has 21 heavy (non-hydrogen) atoms. The third kappa shape index (κ3) is 5.82. The Morgan fingerprint density at radius 2 is 1.86 bits per heavy atom. The maximum absolute atomic E-state index is 3.99. The largest absolute Gasteiger partial charge is 0.307 e. The third-order valence-electron chi connectivity index (χ3n) is 4.99. The van der Waals surface area contributed by atoms with Crippen molar-refractivity contribution in [2.45, 2.75) is 83.7 Å². The highest BCUT2D eigenvalue weighted by atomic mass is 14.9. The lowest BCUT2D eigenvalue weighted by Crippen LogP contribution is -2.32. The minimum atomic E-state index is 0.552. The van der Waals surface area contributed by atoms with Gasteiger partial charge in [0.15, 0.2) is 0 Å². The second-order valence-electron chi connectivity index (χ2n) is 6.94. The van der Waals surface area contributed by atoms with Gasteiger partial charge in [-0.2, -0.15) is 0 Å². The Kier molecular flexibility index (Phi) is 7.29. The lowest BCUT2D eigenvalue weighted by atomic mass is 9.97. The topological polar surface area (TPSA) is 12.0 Å². The summed E-state index contributed by atoms with van der Waals surface area (Å²) in [5.74, 6) is 0.923. The summed E-state index contributed by atoms with van der Waals surface area (Å²) in [6.07, 6.45) is 12.2. The molecule has 118 valence electrons. The zero-order valence-corrected chi connectivity index (χ0v) is 14.0. The predicted molar refractivity (Wildman–Crippen MR) is 92.5 cm³/mol. The second kappa shape index (κ2) is 9.25. The third-order valence-corrected chi connectivity index (χ3v) is 4.99. The van der Waals surface area contributed by atoms with Crippen LogP contribution in [0.2, 0.25) is 0 Å². The van der Waals surface area contributed by atoms with Gasteiger partial charge in [0.2, 0.25) is 0 Å². The van der Waals surface area contributed by atoms with Crippen LogP contribution >= 0.6 is 0 Å². The quantitative estimate of drug-likeness (QED) is 0.489. The number of unbranched alkanes of at least 4 members (excludes halogenated alkanes) is 2. The van der Waals surface area contributed by atoms with E-state index in [-0.39, 0.29) is 0 Å². The summed E-state index contributed by atoms with van der Waals surface area (Å²) in [7, 11) is 0. The van der Waals surface area contributed by atoms with Crippen molar-refractivity contribution in [2.24, 2.45) is 5.92 Å². The SMILES string of the molecule is CCCCCC(NC1CCCC(C)CC1)c1ccccc1. The molecule has 0 aliphatic heterocycles. The maximum atomic E-state index is 3.99. The monoisotopic (exact) mass is 287 g/mol. The lowest BCUT2D eigenvalue weighted by molar-refractivity contribution is 0.372. The normalized spacial score (nSPS) is 24.5. The van der Waals surface area contributed by atoms with Crippen LogP contribution in [0.1, 0.15) is 83.2 Å². The van der Waals surface area contributed by atoms with Crippen LogP contribution in [-0.4, -0.2) is 6.04 Å². The molecule has 0 spiro atoms. The van der Waals surface area contributed by atoms with Gasteiger partial charge in [0.05, 0.1) is 0 Å². The Labute approximate surface area is 131 Å². The highest BCUT2D eigenvalue weighted by Crippen LogP contribution is 2.26. The van der Waals surface area contributed by atoms with Crippen LogP contribution in [0.4, 0.5) is 0 Å². The van der Waals surface area contributed by atoms with Gasteiger partial charge in [0.25, 0.3) is 0 Å². The van der Waals surface area contributed by atoms with Gasteiger partial charge in [-0.3, -0.25) is 0 Å². The summed E-state index contributed by atoms with van der Waals surface area (Å²) in [5.41, 5.74) is 1.48. The van der Waals surface area contributed by atoms with Crippen LogP contribution in [0.5, 0.6) is 0 Å². The van der Waals surface area contributed by atoms with Crippen LogP contribution < -0.4 is 5.32 Å². The minimum Gasteiger partial charge on any atom is -0.307 e. The van der Waals surface area contributed by atoms with E-state index in [1.54, 1.807) is 0 Å². The fourth-order valence-electron chi connectivity index (χ4n) is 3.57. The molecule has 1 nitrogen and oxygen atoms in total. The Hall–Kier alpha value is -0.820. The molecule has 1 aliphatic rings.